The maximum atomic E-state index is 12.5. The molecule has 1 aromatic carbocycles. The van der Waals surface area contributed by atoms with Crippen LogP contribution in [0, 0.1) is 5.92 Å². The number of carbonyl (C=O) groups is 1. The van der Waals surface area contributed by atoms with E-state index in [-0.39, 0.29) is 16.8 Å². The highest BCUT2D eigenvalue weighted by Crippen LogP contribution is 2.28. The summed E-state index contributed by atoms with van der Waals surface area (Å²) >= 11 is 0. The molecule has 8 nitrogen and oxygen atoms in total. The average molecular weight is 394 g/mol. The third-order valence-electron chi connectivity index (χ3n) is 5.11. The van der Waals surface area contributed by atoms with Gasteiger partial charge in [-0.2, -0.15) is 0 Å². The van der Waals surface area contributed by atoms with Crippen LogP contribution < -0.4 is 15.4 Å². The van der Waals surface area contributed by atoms with Crippen LogP contribution in [-0.4, -0.2) is 44.6 Å². The largest absolute Gasteiger partial charge is 0.343 e. The number of aliphatic imine (C=N–C) groups is 1. The predicted molar refractivity (Wildman–Crippen MR) is 105 cm³/mol. The molecule has 9 heteroatoms. The third kappa shape index (κ3) is 4.98. The molecule has 0 aromatic heterocycles. The van der Waals surface area contributed by atoms with Gasteiger partial charge < -0.3 is 10.6 Å². The number of amides is 1. The molecule has 1 aromatic rings. The number of anilines is 1. The van der Waals surface area contributed by atoms with Gasteiger partial charge in [-0.15, -0.1) is 0 Å². The molecule has 3 N–H and O–H groups in total. The van der Waals surface area contributed by atoms with E-state index in [4.69, 9.17) is 0 Å². The number of sulfonamides is 1. The Labute approximate surface area is 160 Å². The Morgan fingerprint density at radius 2 is 1.93 bits per heavy atom. The van der Waals surface area contributed by atoms with Crippen LogP contribution in [0.5, 0.6) is 0 Å². The number of guanidine groups is 1. The predicted octanol–water partition coefficient (Wildman–Crippen LogP) is 1.68. The molecule has 1 saturated carbocycles. The van der Waals surface area contributed by atoms with E-state index >= 15 is 0 Å². The summed E-state index contributed by atoms with van der Waals surface area (Å²) in [5, 5.41) is 5.69. The number of nitrogens with zero attached hydrogens (tertiary/aromatic N) is 2. The summed E-state index contributed by atoms with van der Waals surface area (Å²) in [6, 6.07) is 6.51. The van der Waals surface area contributed by atoms with Crippen molar-refractivity contribution in [2.24, 2.45) is 10.9 Å². The van der Waals surface area contributed by atoms with Crippen LogP contribution in [0.15, 0.2) is 34.2 Å². The van der Waals surface area contributed by atoms with Gasteiger partial charge in [0.05, 0.1) is 18.2 Å². The molecule has 2 atom stereocenters. The first kappa shape index (κ1) is 19.6. The number of nitrogens with one attached hydrogen (secondary N) is 3. The van der Waals surface area contributed by atoms with Crippen LogP contribution in [0.25, 0.3) is 0 Å². The maximum Gasteiger partial charge on any atom is 0.264 e. The third-order valence-corrected chi connectivity index (χ3v) is 6.47. The summed E-state index contributed by atoms with van der Waals surface area (Å²) in [5.74, 6) is 0.693. The average Bonchev–Trinajstić information content (AvgIpc) is 2.63. The molecule has 1 heterocycles. The highest BCUT2D eigenvalue weighted by atomic mass is 32.2. The van der Waals surface area contributed by atoms with Crippen LogP contribution in [0.4, 0.5) is 5.69 Å². The quantitative estimate of drug-likeness (QED) is 0.722. The van der Waals surface area contributed by atoms with Crippen LogP contribution in [0.3, 0.4) is 0 Å². The van der Waals surface area contributed by atoms with Crippen LogP contribution >= 0.6 is 0 Å². The maximum absolute atomic E-state index is 12.5. The van der Waals surface area contributed by atoms with Crippen molar-refractivity contribution in [2.75, 3.05) is 18.7 Å². The van der Waals surface area contributed by atoms with Crippen LogP contribution in [0.1, 0.15) is 39.5 Å². The van der Waals surface area contributed by atoms with Crippen molar-refractivity contribution in [3.63, 3.8) is 0 Å². The van der Waals surface area contributed by atoms with Crippen LogP contribution in [0.2, 0.25) is 0 Å². The summed E-state index contributed by atoms with van der Waals surface area (Å²) in [5.41, 5.74) is 0.548. The van der Waals surface area contributed by atoms with Gasteiger partial charge in [0.25, 0.3) is 10.0 Å². The first-order chi connectivity index (χ1) is 12.8. The van der Waals surface area contributed by atoms with Crippen molar-refractivity contribution in [3.8, 4) is 0 Å². The standard InChI is InChI=1S/C18H27N5O3S/c1-13-5-3-4-6-17(13)23-11-19-18(20-12-23)22-27(25,26)16-9-7-15(8-10-16)21-14(2)24/h7-10,13,17H,3-6,11-12H2,1-2H3,(H,21,24)(H2,19,20,22). The SMILES string of the molecule is CC(=O)Nc1ccc(S(=O)(=O)NC2=NCN(C3CCCCC3C)CN2)cc1. The minimum absolute atomic E-state index is 0.115. The highest BCUT2D eigenvalue weighted by molar-refractivity contribution is 7.90. The smallest absolute Gasteiger partial charge is 0.264 e. The number of benzene rings is 1. The monoisotopic (exact) mass is 393 g/mol. The topological polar surface area (TPSA) is 103 Å². The Balaban J connectivity index is 1.62. The Morgan fingerprint density at radius 1 is 1.22 bits per heavy atom. The summed E-state index contributed by atoms with van der Waals surface area (Å²) in [6.45, 7) is 4.74. The van der Waals surface area contributed by atoms with Crippen molar-refractivity contribution >= 4 is 27.6 Å². The molecule has 27 heavy (non-hydrogen) atoms. The summed E-state index contributed by atoms with van der Waals surface area (Å²) in [6.07, 6.45) is 4.93. The summed E-state index contributed by atoms with van der Waals surface area (Å²) in [4.78, 5) is 17.8. The molecule has 148 valence electrons. The molecule has 3 rings (SSSR count). The molecule has 1 amide bonds. The molecule has 0 radical (unpaired) electrons. The molecular weight excluding hydrogens is 366 g/mol. The molecule has 1 aliphatic heterocycles. The Bertz CT molecular complexity index is 807. The molecule has 1 aliphatic carbocycles. The van der Waals surface area contributed by atoms with E-state index in [1.807, 2.05) is 0 Å². The van der Waals surface area contributed by atoms with E-state index in [1.165, 1.54) is 44.7 Å². The van der Waals surface area contributed by atoms with Gasteiger partial charge in [-0.05, 0) is 43.0 Å². The van der Waals surface area contributed by atoms with Gasteiger partial charge in [0.2, 0.25) is 11.9 Å². The van der Waals surface area contributed by atoms with Gasteiger partial charge in [-0.1, -0.05) is 19.8 Å². The fraction of sp³-hybridized carbons (Fsp3) is 0.556. The second-order valence-corrected chi connectivity index (χ2v) is 8.89. The molecular formula is C18H27N5O3S. The number of hydrogen-bond acceptors (Lipinski definition) is 6. The van der Waals surface area contributed by atoms with Gasteiger partial charge in [0, 0.05) is 18.7 Å². The second-order valence-electron chi connectivity index (χ2n) is 7.21. The zero-order valence-electron chi connectivity index (χ0n) is 15.7. The minimum atomic E-state index is -3.73. The number of hydrogen-bond donors (Lipinski definition) is 3. The van der Waals surface area contributed by atoms with Gasteiger partial charge in [0.15, 0.2) is 0 Å². The number of carbonyl (C=O) groups excluding carboxylic acids is 1. The molecule has 0 bridgehead atoms. The van der Waals surface area contributed by atoms with E-state index < -0.39 is 10.0 Å². The zero-order valence-corrected chi connectivity index (χ0v) is 16.6. The summed E-state index contributed by atoms with van der Waals surface area (Å²) < 4.78 is 27.6. The fourth-order valence-electron chi connectivity index (χ4n) is 3.68. The molecule has 2 aliphatic rings. The lowest BCUT2D eigenvalue weighted by Gasteiger charge is -2.39. The lowest BCUT2D eigenvalue weighted by Crippen LogP contribution is -2.54. The Hall–Kier alpha value is -2.13. The van der Waals surface area contributed by atoms with E-state index in [1.54, 1.807) is 12.1 Å². The molecule has 0 spiro atoms. The van der Waals surface area contributed by atoms with Crippen molar-refractivity contribution in [2.45, 2.75) is 50.5 Å². The van der Waals surface area contributed by atoms with Crippen LogP contribution in [-0.2, 0) is 14.8 Å². The van der Waals surface area contributed by atoms with Gasteiger partial charge in [-0.25, -0.2) is 18.1 Å². The second kappa shape index (κ2) is 8.26. The van der Waals surface area contributed by atoms with E-state index in [0.29, 0.717) is 31.0 Å². The molecule has 1 fully saturated rings. The molecule has 0 saturated heterocycles. The first-order valence-corrected chi connectivity index (χ1v) is 10.8. The highest BCUT2D eigenvalue weighted by Gasteiger charge is 2.29. The van der Waals surface area contributed by atoms with Crippen molar-refractivity contribution in [1.82, 2.24) is 14.9 Å². The lowest BCUT2D eigenvalue weighted by atomic mass is 9.85. The fourth-order valence-corrected chi connectivity index (χ4v) is 4.68. The lowest BCUT2D eigenvalue weighted by molar-refractivity contribution is -0.114. The van der Waals surface area contributed by atoms with Crippen molar-refractivity contribution < 1.29 is 13.2 Å². The van der Waals surface area contributed by atoms with E-state index in [2.05, 4.69) is 32.2 Å². The summed E-state index contributed by atoms with van der Waals surface area (Å²) in [7, 11) is -3.73. The Kier molecular flexibility index (Phi) is 6.01. The van der Waals surface area contributed by atoms with Crippen molar-refractivity contribution in [1.29, 1.82) is 0 Å². The molecule has 2 unspecified atom stereocenters. The van der Waals surface area contributed by atoms with Gasteiger partial charge in [0.1, 0.15) is 0 Å². The van der Waals surface area contributed by atoms with E-state index in [0.717, 1.165) is 0 Å². The van der Waals surface area contributed by atoms with Gasteiger partial charge >= 0.3 is 0 Å². The normalized spacial score (nSPS) is 23.9. The first-order valence-electron chi connectivity index (χ1n) is 9.28. The number of rotatable bonds is 4. The van der Waals surface area contributed by atoms with E-state index in [9.17, 15) is 13.2 Å². The van der Waals surface area contributed by atoms with Gasteiger partial charge in [-0.3, -0.25) is 9.69 Å². The zero-order chi connectivity index (χ0) is 19.4. The Morgan fingerprint density at radius 3 is 2.52 bits per heavy atom. The van der Waals surface area contributed by atoms with Crippen molar-refractivity contribution in [3.05, 3.63) is 24.3 Å². The minimum Gasteiger partial charge on any atom is -0.343 e.